The fourth-order valence-electron chi connectivity index (χ4n) is 4.17. The molecule has 0 spiro atoms. The van der Waals surface area contributed by atoms with Crippen molar-refractivity contribution in [3.8, 4) is 22.5 Å². The number of aldehydes is 1. The highest BCUT2D eigenvalue weighted by Gasteiger charge is 2.41. The molecular weight excluding hydrogens is 483 g/mol. The van der Waals surface area contributed by atoms with Crippen LogP contribution in [0.25, 0.3) is 22.5 Å². The van der Waals surface area contributed by atoms with E-state index in [1.54, 1.807) is 30.1 Å². The SMILES string of the molecule is Cn1cnnc1-c1ccccc1-c1cc(Cl)nc(N2Cc3c(cc(C=O)cc3C(F)(F)F)C2=O)c1. The number of pyridine rings is 1. The Morgan fingerprint density at radius 2 is 1.80 bits per heavy atom. The molecule has 35 heavy (non-hydrogen) atoms. The minimum atomic E-state index is -4.73. The molecule has 1 aliphatic rings. The van der Waals surface area contributed by atoms with Crippen LogP contribution in [0.4, 0.5) is 19.0 Å². The Morgan fingerprint density at radius 1 is 1.06 bits per heavy atom. The molecule has 0 fully saturated rings. The maximum absolute atomic E-state index is 13.7. The molecule has 2 aromatic heterocycles. The molecule has 2 aromatic carbocycles. The Bertz CT molecular complexity index is 1500. The zero-order chi connectivity index (χ0) is 24.9. The smallest absolute Gasteiger partial charge is 0.317 e. The Morgan fingerprint density at radius 3 is 2.46 bits per heavy atom. The summed E-state index contributed by atoms with van der Waals surface area (Å²) < 4.78 is 42.8. The Kier molecular flexibility index (Phi) is 5.40. The van der Waals surface area contributed by atoms with Gasteiger partial charge in [0.1, 0.15) is 23.6 Å². The summed E-state index contributed by atoms with van der Waals surface area (Å²) in [5.41, 5.74) is 0.392. The number of amides is 1. The van der Waals surface area contributed by atoms with Crippen LogP contribution < -0.4 is 4.90 Å². The van der Waals surface area contributed by atoms with E-state index in [-0.39, 0.29) is 40.5 Å². The van der Waals surface area contributed by atoms with Crippen LogP contribution in [0.2, 0.25) is 5.15 Å². The fourth-order valence-corrected chi connectivity index (χ4v) is 4.37. The highest BCUT2D eigenvalue weighted by molar-refractivity contribution is 6.30. The van der Waals surface area contributed by atoms with Gasteiger partial charge < -0.3 is 4.57 Å². The van der Waals surface area contributed by atoms with Crippen molar-refractivity contribution in [1.29, 1.82) is 0 Å². The molecule has 4 aromatic rings. The van der Waals surface area contributed by atoms with Crippen LogP contribution in [0.5, 0.6) is 0 Å². The van der Waals surface area contributed by atoms with Gasteiger partial charge in [-0.25, -0.2) is 4.98 Å². The number of fused-ring (bicyclic) bond motifs is 1. The summed E-state index contributed by atoms with van der Waals surface area (Å²) >= 11 is 6.29. The molecule has 0 radical (unpaired) electrons. The second kappa shape index (κ2) is 8.31. The number of anilines is 1. The Labute approximate surface area is 201 Å². The van der Waals surface area contributed by atoms with Crippen molar-refractivity contribution in [3.05, 3.63) is 82.3 Å². The van der Waals surface area contributed by atoms with Crippen LogP contribution in [0, 0.1) is 0 Å². The van der Waals surface area contributed by atoms with E-state index >= 15 is 0 Å². The van der Waals surface area contributed by atoms with Crippen LogP contribution in [-0.4, -0.2) is 31.9 Å². The zero-order valence-corrected chi connectivity index (χ0v) is 18.8. The number of carbonyl (C=O) groups excluding carboxylic acids is 2. The molecule has 0 unspecified atom stereocenters. The monoisotopic (exact) mass is 497 g/mol. The first-order valence-electron chi connectivity index (χ1n) is 10.3. The van der Waals surface area contributed by atoms with Gasteiger partial charge in [0.2, 0.25) is 0 Å². The molecule has 3 heterocycles. The van der Waals surface area contributed by atoms with Gasteiger partial charge in [-0.3, -0.25) is 14.5 Å². The number of halogens is 4. The number of benzene rings is 2. The van der Waals surface area contributed by atoms with E-state index in [1.165, 1.54) is 0 Å². The first-order valence-corrected chi connectivity index (χ1v) is 10.7. The summed E-state index contributed by atoms with van der Waals surface area (Å²) in [6.45, 7) is -0.361. The molecule has 176 valence electrons. The molecule has 1 aliphatic heterocycles. The quantitative estimate of drug-likeness (QED) is 0.286. The highest BCUT2D eigenvalue weighted by atomic mass is 35.5. The number of nitrogens with zero attached hydrogens (tertiary/aromatic N) is 5. The number of aryl methyl sites for hydroxylation is 1. The molecule has 0 saturated heterocycles. The average Bonchev–Trinajstić information content (AvgIpc) is 3.40. The molecule has 1 amide bonds. The third-order valence-corrected chi connectivity index (χ3v) is 5.95. The zero-order valence-electron chi connectivity index (χ0n) is 18.0. The minimum absolute atomic E-state index is 0.0543. The molecule has 0 saturated carbocycles. The third kappa shape index (κ3) is 3.95. The van der Waals surface area contributed by atoms with Crippen molar-refractivity contribution in [3.63, 3.8) is 0 Å². The van der Waals surface area contributed by atoms with Gasteiger partial charge >= 0.3 is 6.18 Å². The van der Waals surface area contributed by atoms with Gasteiger partial charge in [0.15, 0.2) is 5.82 Å². The van der Waals surface area contributed by atoms with Gasteiger partial charge in [-0.05, 0) is 41.0 Å². The van der Waals surface area contributed by atoms with E-state index in [0.717, 1.165) is 28.2 Å². The Balaban J connectivity index is 1.61. The van der Waals surface area contributed by atoms with Crippen LogP contribution >= 0.6 is 11.6 Å². The molecular formula is C24H15ClF3N5O2. The minimum Gasteiger partial charge on any atom is -0.317 e. The lowest BCUT2D eigenvalue weighted by Gasteiger charge is -2.17. The molecule has 5 rings (SSSR count). The number of aromatic nitrogens is 4. The summed E-state index contributed by atoms with van der Waals surface area (Å²) in [5.74, 6) is -0.0188. The van der Waals surface area contributed by atoms with Gasteiger partial charge in [-0.1, -0.05) is 35.9 Å². The van der Waals surface area contributed by atoms with E-state index in [0.29, 0.717) is 11.4 Å². The number of hydrogen-bond acceptors (Lipinski definition) is 5. The standard InChI is InChI=1S/C24H15ClF3N5O2/c1-32-12-29-31-22(32)16-5-3-2-4-15(16)14-8-20(25)30-21(9-14)33-10-18-17(23(33)35)6-13(11-34)7-19(18)24(26,27)28/h2-9,11-12H,10H2,1H3. The molecule has 0 bridgehead atoms. The van der Waals surface area contributed by atoms with E-state index in [9.17, 15) is 22.8 Å². The summed E-state index contributed by atoms with van der Waals surface area (Å²) in [6.07, 6.45) is -2.89. The summed E-state index contributed by atoms with van der Waals surface area (Å²) in [5, 5.41) is 8.11. The summed E-state index contributed by atoms with van der Waals surface area (Å²) in [7, 11) is 1.79. The predicted octanol–water partition coefficient (Wildman–Crippen LogP) is 5.19. The van der Waals surface area contributed by atoms with Gasteiger partial charge in [-0.2, -0.15) is 13.2 Å². The van der Waals surface area contributed by atoms with Gasteiger partial charge in [0.05, 0.1) is 12.1 Å². The lowest BCUT2D eigenvalue weighted by molar-refractivity contribution is -0.138. The topological polar surface area (TPSA) is 81.0 Å². The molecule has 0 atom stereocenters. The van der Waals surface area contributed by atoms with Gasteiger partial charge in [0, 0.05) is 23.7 Å². The highest BCUT2D eigenvalue weighted by Crippen LogP contribution is 2.40. The van der Waals surface area contributed by atoms with E-state index in [1.807, 2.05) is 24.3 Å². The second-order valence-electron chi connectivity index (χ2n) is 7.95. The van der Waals surface area contributed by atoms with Crippen molar-refractivity contribution < 1.29 is 22.8 Å². The average molecular weight is 498 g/mol. The second-order valence-corrected chi connectivity index (χ2v) is 8.34. The van der Waals surface area contributed by atoms with Crippen molar-refractivity contribution in [2.45, 2.75) is 12.7 Å². The normalized spacial score (nSPS) is 13.3. The van der Waals surface area contributed by atoms with Crippen molar-refractivity contribution in [2.75, 3.05) is 4.90 Å². The van der Waals surface area contributed by atoms with E-state index in [4.69, 9.17) is 11.6 Å². The number of rotatable bonds is 4. The fraction of sp³-hybridized carbons (Fsp3) is 0.125. The number of alkyl halides is 3. The molecule has 0 N–H and O–H groups in total. The third-order valence-electron chi connectivity index (χ3n) is 5.75. The lowest BCUT2D eigenvalue weighted by atomic mass is 9.99. The van der Waals surface area contributed by atoms with Gasteiger partial charge in [0.25, 0.3) is 5.91 Å². The van der Waals surface area contributed by atoms with Crippen LogP contribution in [-0.2, 0) is 19.8 Å². The van der Waals surface area contributed by atoms with Crippen molar-refractivity contribution in [2.24, 2.45) is 7.05 Å². The molecule has 0 aliphatic carbocycles. The van der Waals surface area contributed by atoms with E-state index in [2.05, 4.69) is 15.2 Å². The maximum atomic E-state index is 13.7. The lowest BCUT2D eigenvalue weighted by Crippen LogP contribution is -2.24. The molecule has 7 nitrogen and oxygen atoms in total. The van der Waals surface area contributed by atoms with Gasteiger partial charge in [-0.15, -0.1) is 10.2 Å². The first-order chi connectivity index (χ1) is 16.7. The van der Waals surface area contributed by atoms with Crippen molar-refractivity contribution in [1.82, 2.24) is 19.7 Å². The number of carbonyl (C=O) groups is 2. The van der Waals surface area contributed by atoms with E-state index < -0.39 is 17.6 Å². The predicted molar refractivity (Wildman–Crippen MR) is 122 cm³/mol. The Hall–Kier alpha value is -4.05. The van der Waals surface area contributed by atoms with Crippen LogP contribution in [0.1, 0.15) is 31.8 Å². The summed E-state index contributed by atoms with van der Waals surface area (Å²) in [6, 6.07) is 12.4. The van der Waals surface area contributed by atoms with Crippen LogP contribution in [0.15, 0.2) is 54.9 Å². The first kappa shape index (κ1) is 22.7. The number of hydrogen-bond donors (Lipinski definition) is 0. The summed E-state index contributed by atoms with van der Waals surface area (Å²) in [4.78, 5) is 29.7. The largest absolute Gasteiger partial charge is 0.416 e. The van der Waals surface area contributed by atoms with Crippen molar-refractivity contribution >= 4 is 29.6 Å². The van der Waals surface area contributed by atoms with Crippen LogP contribution in [0.3, 0.4) is 0 Å². The molecule has 11 heteroatoms. The maximum Gasteiger partial charge on any atom is 0.416 e.